The van der Waals surface area contributed by atoms with Crippen LogP contribution >= 0.6 is 11.6 Å². The Morgan fingerprint density at radius 2 is 2.18 bits per heavy atom. The summed E-state index contributed by atoms with van der Waals surface area (Å²) in [6, 6.07) is 4.02. The van der Waals surface area contributed by atoms with E-state index in [0.717, 1.165) is 5.75 Å². The Balaban J connectivity index is 1.98. The van der Waals surface area contributed by atoms with Gasteiger partial charge in [-0.15, -0.1) is 0 Å². The second-order valence-corrected chi connectivity index (χ2v) is 5.78. The molecule has 0 spiro atoms. The number of benzene rings is 1. The third kappa shape index (κ3) is 1.53. The topological polar surface area (TPSA) is 44.5 Å². The highest BCUT2D eigenvalue weighted by Gasteiger charge is 2.57. The number of fused-ring (bicyclic) bond motifs is 1. The first-order chi connectivity index (χ1) is 8.05. The van der Waals surface area contributed by atoms with E-state index < -0.39 is 0 Å². The molecular formula is C13H16ClNO2. The van der Waals surface area contributed by atoms with Crippen molar-refractivity contribution in [3.8, 4) is 11.5 Å². The zero-order valence-electron chi connectivity index (χ0n) is 10.00. The van der Waals surface area contributed by atoms with Gasteiger partial charge in [0.05, 0.1) is 5.02 Å². The van der Waals surface area contributed by atoms with Crippen LogP contribution in [-0.4, -0.2) is 13.3 Å². The van der Waals surface area contributed by atoms with Crippen LogP contribution in [-0.2, 0) is 0 Å². The van der Waals surface area contributed by atoms with E-state index in [4.69, 9.17) is 26.8 Å². The fourth-order valence-electron chi connectivity index (χ4n) is 3.01. The molecule has 1 aliphatic heterocycles. The Morgan fingerprint density at radius 1 is 1.41 bits per heavy atom. The van der Waals surface area contributed by atoms with Crippen molar-refractivity contribution in [2.75, 3.05) is 13.3 Å². The summed E-state index contributed by atoms with van der Waals surface area (Å²) in [5.74, 6) is 2.42. The monoisotopic (exact) mass is 253 g/mol. The molecule has 4 heteroatoms. The molecule has 3 rings (SSSR count). The maximum absolute atomic E-state index is 6.19. The molecule has 0 amide bonds. The van der Waals surface area contributed by atoms with Crippen molar-refractivity contribution in [2.45, 2.75) is 19.8 Å². The van der Waals surface area contributed by atoms with Crippen molar-refractivity contribution in [1.29, 1.82) is 0 Å². The van der Waals surface area contributed by atoms with Crippen molar-refractivity contribution in [1.82, 2.24) is 0 Å². The Hall–Kier alpha value is -0.930. The molecule has 17 heavy (non-hydrogen) atoms. The fourth-order valence-corrected chi connectivity index (χ4v) is 3.29. The van der Waals surface area contributed by atoms with Crippen LogP contribution in [0.25, 0.3) is 0 Å². The van der Waals surface area contributed by atoms with Crippen LogP contribution in [0.1, 0.15) is 25.3 Å². The van der Waals surface area contributed by atoms with Gasteiger partial charge in [-0.1, -0.05) is 25.4 Å². The summed E-state index contributed by atoms with van der Waals surface area (Å²) >= 11 is 6.19. The maximum Gasteiger partial charge on any atom is 0.231 e. The Labute approximate surface area is 106 Å². The summed E-state index contributed by atoms with van der Waals surface area (Å²) in [5, 5.41) is 0.633. The van der Waals surface area contributed by atoms with Crippen molar-refractivity contribution in [3.05, 3.63) is 22.7 Å². The first-order valence-electron chi connectivity index (χ1n) is 5.85. The highest BCUT2D eigenvalue weighted by molar-refractivity contribution is 6.32. The minimum absolute atomic E-state index is 0.256. The molecular weight excluding hydrogens is 238 g/mol. The Kier molecular flexibility index (Phi) is 2.32. The van der Waals surface area contributed by atoms with Crippen LogP contribution < -0.4 is 15.2 Å². The highest BCUT2D eigenvalue weighted by atomic mass is 35.5. The predicted octanol–water partition coefficient (Wildman–Crippen LogP) is 2.77. The van der Waals surface area contributed by atoms with E-state index in [9.17, 15) is 0 Å². The molecule has 0 bridgehead atoms. The van der Waals surface area contributed by atoms with E-state index in [1.54, 1.807) is 0 Å². The molecule has 0 saturated heterocycles. The minimum Gasteiger partial charge on any atom is -0.454 e. The second kappa shape index (κ2) is 3.53. The van der Waals surface area contributed by atoms with Gasteiger partial charge in [0.15, 0.2) is 11.5 Å². The van der Waals surface area contributed by atoms with Gasteiger partial charge in [-0.3, -0.25) is 0 Å². The third-order valence-corrected chi connectivity index (χ3v) is 4.39. The first-order valence-corrected chi connectivity index (χ1v) is 6.22. The average Bonchev–Trinajstić information content (AvgIpc) is 2.63. The average molecular weight is 254 g/mol. The predicted molar refractivity (Wildman–Crippen MR) is 66.6 cm³/mol. The van der Waals surface area contributed by atoms with E-state index in [1.165, 1.54) is 5.56 Å². The largest absolute Gasteiger partial charge is 0.454 e. The second-order valence-electron chi connectivity index (χ2n) is 5.38. The van der Waals surface area contributed by atoms with Crippen LogP contribution in [0.4, 0.5) is 0 Å². The molecule has 3 nitrogen and oxygen atoms in total. The van der Waals surface area contributed by atoms with Gasteiger partial charge in [0.25, 0.3) is 0 Å². The van der Waals surface area contributed by atoms with Crippen LogP contribution in [0.3, 0.4) is 0 Å². The summed E-state index contributed by atoms with van der Waals surface area (Å²) in [4.78, 5) is 0. The zero-order chi connectivity index (χ0) is 12.2. The molecule has 1 aliphatic carbocycles. The van der Waals surface area contributed by atoms with Crippen LogP contribution in [0.5, 0.6) is 11.5 Å². The van der Waals surface area contributed by atoms with Crippen molar-refractivity contribution in [3.63, 3.8) is 0 Å². The number of nitrogens with two attached hydrogens (primary N) is 1. The first kappa shape index (κ1) is 11.2. The van der Waals surface area contributed by atoms with Crippen molar-refractivity contribution < 1.29 is 9.47 Å². The van der Waals surface area contributed by atoms with E-state index in [0.29, 0.717) is 29.2 Å². The summed E-state index contributed by atoms with van der Waals surface area (Å²) in [5.41, 5.74) is 7.26. The lowest BCUT2D eigenvalue weighted by Gasteiger charge is -2.06. The van der Waals surface area contributed by atoms with Gasteiger partial charge < -0.3 is 15.2 Å². The number of ether oxygens (including phenoxy) is 2. The number of hydrogen-bond donors (Lipinski definition) is 1. The fraction of sp³-hybridized carbons (Fsp3) is 0.538. The van der Waals surface area contributed by atoms with E-state index in [-0.39, 0.29) is 12.2 Å². The lowest BCUT2D eigenvalue weighted by Crippen LogP contribution is -2.05. The highest BCUT2D eigenvalue weighted by Crippen LogP contribution is 2.64. The van der Waals surface area contributed by atoms with Gasteiger partial charge >= 0.3 is 0 Å². The molecule has 1 saturated carbocycles. The number of hydrogen-bond acceptors (Lipinski definition) is 3. The molecule has 1 heterocycles. The lowest BCUT2D eigenvalue weighted by atomic mass is 10.0. The maximum atomic E-state index is 6.19. The molecule has 0 aromatic heterocycles. The smallest absolute Gasteiger partial charge is 0.231 e. The van der Waals surface area contributed by atoms with Gasteiger partial charge in [-0.25, -0.2) is 0 Å². The summed E-state index contributed by atoms with van der Waals surface area (Å²) in [6.45, 7) is 5.46. The number of rotatable bonds is 2. The molecule has 2 aliphatic rings. The van der Waals surface area contributed by atoms with Gasteiger partial charge in [0, 0.05) is 0 Å². The lowest BCUT2D eigenvalue weighted by molar-refractivity contribution is 0.174. The van der Waals surface area contributed by atoms with Crippen LogP contribution in [0.2, 0.25) is 5.02 Å². The van der Waals surface area contributed by atoms with E-state index in [2.05, 4.69) is 13.8 Å². The molecule has 1 aromatic carbocycles. The van der Waals surface area contributed by atoms with Gasteiger partial charge in [0.2, 0.25) is 6.79 Å². The zero-order valence-corrected chi connectivity index (χ0v) is 10.8. The van der Waals surface area contributed by atoms with Gasteiger partial charge in [-0.05, 0) is 41.5 Å². The molecule has 1 fully saturated rings. The Morgan fingerprint density at radius 3 is 2.82 bits per heavy atom. The molecule has 2 N–H and O–H groups in total. The molecule has 1 aromatic rings. The summed E-state index contributed by atoms with van der Waals surface area (Å²) < 4.78 is 10.7. The molecule has 2 atom stereocenters. The van der Waals surface area contributed by atoms with Crippen LogP contribution in [0.15, 0.2) is 12.1 Å². The van der Waals surface area contributed by atoms with Crippen LogP contribution in [0, 0.1) is 11.3 Å². The number of halogens is 1. The summed E-state index contributed by atoms with van der Waals surface area (Å²) in [7, 11) is 0. The Bertz CT molecular complexity index is 473. The van der Waals surface area contributed by atoms with Crippen molar-refractivity contribution >= 4 is 11.6 Å². The van der Waals surface area contributed by atoms with E-state index in [1.807, 2.05) is 12.1 Å². The third-order valence-electron chi connectivity index (χ3n) is 4.11. The SMILES string of the molecule is CC1(C)[C@@H](CN)[C@@H]1c1cc(Cl)c2c(c1)OCO2. The van der Waals surface area contributed by atoms with Gasteiger partial charge in [-0.2, -0.15) is 0 Å². The van der Waals surface area contributed by atoms with Gasteiger partial charge in [0.1, 0.15) is 0 Å². The molecule has 92 valence electrons. The molecule has 0 unspecified atom stereocenters. The quantitative estimate of drug-likeness (QED) is 0.882. The normalized spacial score (nSPS) is 28.2. The molecule has 0 radical (unpaired) electrons. The van der Waals surface area contributed by atoms with Crippen molar-refractivity contribution in [2.24, 2.45) is 17.1 Å². The van der Waals surface area contributed by atoms with E-state index >= 15 is 0 Å². The standard InChI is InChI=1S/C13H16ClNO2/c1-13(2)8(5-15)11(13)7-3-9(14)12-10(4-7)16-6-17-12/h3-4,8,11H,5-6,15H2,1-2H3/t8-,11-/m0/s1. The minimum atomic E-state index is 0.256. The summed E-state index contributed by atoms with van der Waals surface area (Å²) in [6.07, 6.45) is 0.